The van der Waals surface area contributed by atoms with Crippen LogP contribution in [0.2, 0.25) is 0 Å². The molecule has 1 aromatic rings. The number of aliphatic carboxylic acids is 2. The number of hydrogen-bond acceptors (Lipinski definition) is 8. The van der Waals surface area contributed by atoms with E-state index in [2.05, 4.69) is 25.8 Å². The minimum atomic E-state index is -4.77. The predicted molar refractivity (Wildman–Crippen MR) is 144 cm³/mol. The van der Waals surface area contributed by atoms with Crippen molar-refractivity contribution in [3.05, 3.63) is 29.8 Å². The Kier molecular flexibility index (Phi) is 12.4. The number of nitrogens with one attached hydrogen (secondary N) is 4. The number of carboxylic acid groups (broad SMARTS) is 2. The van der Waals surface area contributed by atoms with Crippen LogP contribution in [0.15, 0.2) is 24.3 Å². The molecular weight excluding hydrogens is 579 g/mol. The first-order chi connectivity index (χ1) is 19.6. The summed E-state index contributed by atoms with van der Waals surface area (Å²) in [6.07, 6.45) is -0.804. The average molecular weight is 615 g/mol. The summed E-state index contributed by atoms with van der Waals surface area (Å²) in [4.78, 5) is 92.1. The largest absolute Gasteiger partial charge is 0.524 e. The second-order valence-electron chi connectivity index (χ2n) is 9.85. The number of hydrogen-bond donors (Lipinski definition) is 8. The van der Waals surface area contributed by atoms with Crippen molar-refractivity contribution in [3.63, 3.8) is 0 Å². The summed E-state index contributed by atoms with van der Waals surface area (Å²) in [6.45, 7) is 3.34. The number of amides is 4. The molecule has 5 atom stereocenters. The lowest BCUT2D eigenvalue weighted by Gasteiger charge is -2.28. The summed E-state index contributed by atoms with van der Waals surface area (Å²) < 4.78 is 15.5. The van der Waals surface area contributed by atoms with Crippen LogP contribution in [0.5, 0.6) is 5.75 Å². The van der Waals surface area contributed by atoms with Gasteiger partial charge < -0.3 is 36.0 Å². The van der Waals surface area contributed by atoms with Crippen molar-refractivity contribution in [2.75, 3.05) is 0 Å². The van der Waals surface area contributed by atoms with E-state index in [1.807, 2.05) is 0 Å². The third-order valence-electron chi connectivity index (χ3n) is 6.59. The van der Waals surface area contributed by atoms with Crippen molar-refractivity contribution in [1.29, 1.82) is 0 Å². The number of phosphoric ester groups is 1. The number of carbonyl (C=O) groups excluding carboxylic acids is 4. The molecular formula is C25H35N4O12P. The van der Waals surface area contributed by atoms with Gasteiger partial charge in [-0.1, -0.05) is 32.4 Å². The van der Waals surface area contributed by atoms with E-state index < -0.39 is 79.9 Å². The van der Waals surface area contributed by atoms with Crippen molar-refractivity contribution in [3.8, 4) is 5.75 Å². The molecule has 232 valence electrons. The van der Waals surface area contributed by atoms with E-state index >= 15 is 0 Å². The summed E-state index contributed by atoms with van der Waals surface area (Å²) in [5.41, 5.74) is 0.495. The minimum Gasteiger partial charge on any atom is -0.481 e. The van der Waals surface area contributed by atoms with Crippen LogP contribution >= 0.6 is 7.82 Å². The Labute approximate surface area is 240 Å². The summed E-state index contributed by atoms with van der Waals surface area (Å²) in [6, 6.07) is 0.299. The molecule has 0 aromatic heterocycles. The van der Waals surface area contributed by atoms with Gasteiger partial charge in [0.1, 0.15) is 29.9 Å². The fourth-order valence-corrected chi connectivity index (χ4v) is 4.49. The highest BCUT2D eigenvalue weighted by Crippen LogP contribution is 2.37. The Bertz CT molecular complexity index is 1220. The number of rotatable bonds is 14. The third kappa shape index (κ3) is 11.1. The van der Waals surface area contributed by atoms with Crippen LogP contribution in [-0.2, 0) is 39.8 Å². The third-order valence-corrected chi connectivity index (χ3v) is 7.04. The van der Waals surface area contributed by atoms with Gasteiger partial charge in [-0.25, -0.2) is 9.36 Å². The molecule has 1 heterocycles. The van der Waals surface area contributed by atoms with Gasteiger partial charge in [0.05, 0.1) is 0 Å². The highest BCUT2D eigenvalue weighted by Gasteiger charge is 2.34. The summed E-state index contributed by atoms with van der Waals surface area (Å²) in [5.74, 6) is -6.16. The van der Waals surface area contributed by atoms with Gasteiger partial charge in [0.15, 0.2) is 0 Å². The van der Waals surface area contributed by atoms with Gasteiger partial charge in [-0.15, -0.1) is 0 Å². The van der Waals surface area contributed by atoms with Gasteiger partial charge in [0, 0.05) is 19.3 Å². The minimum absolute atomic E-state index is 0.0437. The van der Waals surface area contributed by atoms with E-state index in [4.69, 9.17) is 14.9 Å². The quantitative estimate of drug-likeness (QED) is 0.123. The maximum Gasteiger partial charge on any atom is 0.524 e. The van der Waals surface area contributed by atoms with E-state index in [9.17, 15) is 38.4 Å². The summed E-state index contributed by atoms with van der Waals surface area (Å²) in [7, 11) is -4.77. The van der Waals surface area contributed by atoms with Crippen LogP contribution in [-0.4, -0.2) is 79.7 Å². The van der Waals surface area contributed by atoms with Gasteiger partial charge in [-0.3, -0.25) is 33.8 Å². The molecule has 8 N–H and O–H groups in total. The summed E-state index contributed by atoms with van der Waals surface area (Å²) >= 11 is 0. The smallest absolute Gasteiger partial charge is 0.481 e. The second kappa shape index (κ2) is 15.3. The molecule has 16 nitrogen and oxygen atoms in total. The van der Waals surface area contributed by atoms with Crippen molar-refractivity contribution in [2.45, 2.75) is 76.5 Å². The van der Waals surface area contributed by atoms with E-state index in [-0.39, 0.29) is 31.4 Å². The van der Waals surface area contributed by atoms with Gasteiger partial charge in [0.25, 0.3) is 0 Å². The molecule has 0 saturated carbocycles. The Morgan fingerprint density at radius 1 is 1.07 bits per heavy atom. The highest BCUT2D eigenvalue weighted by molar-refractivity contribution is 7.46. The van der Waals surface area contributed by atoms with Crippen molar-refractivity contribution in [2.24, 2.45) is 5.92 Å². The van der Waals surface area contributed by atoms with Crippen LogP contribution in [0.3, 0.4) is 0 Å². The SMILES string of the molecule is CC[C@H](C)[C@H](NC(=O)[C@H](CCC(=O)O)NC(=O)[C@@H]1CCC(=O)N[C@@H](Cc2ccc(OP(=O)(O)O)cc2)C(=O)N1)C(=O)O. The van der Waals surface area contributed by atoms with Gasteiger partial charge in [-0.2, -0.15) is 0 Å². The monoisotopic (exact) mass is 614 g/mol. The zero-order valence-corrected chi connectivity index (χ0v) is 23.8. The summed E-state index contributed by atoms with van der Waals surface area (Å²) in [5, 5.41) is 28.4. The molecule has 2 rings (SSSR count). The first-order valence-electron chi connectivity index (χ1n) is 13.1. The zero-order chi connectivity index (χ0) is 31.6. The molecule has 42 heavy (non-hydrogen) atoms. The lowest BCUT2D eigenvalue weighted by Crippen LogP contribution is -2.59. The molecule has 0 unspecified atom stereocenters. The van der Waals surface area contributed by atoms with E-state index in [1.165, 1.54) is 24.3 Å². The van der Waals surface area contributed by atoms with Crippen LogP contribution < -0.4 is 25.8 Å². The molecule has 0 spiro atoms. The van der Waals surface area contributed by atoms with Gasteiger partial charge in [-0.05, 0) is 36.5 Å². The fourth-order valence-electron chi connectivity index (χ4n) is 4.10. The first kappa shape index (κ1) is 34.2. The molecule has 0 aliphatic carbocycles. The van der Waals surface area contributed by atoms with Crippen LogP contribution in [0, 0.1) is 5.92 Å². The average Bonchev–Trinajstić information content (AvgIpc) is 2.89. The fraction of sp³-hybridized carbons (Fsp3) is 0.520. The number of carboxylic acids is 2. The maximum absolute atomic E-state index is 13.1. The normalized spacial score (nSPS) is 19.5. The maximum atomic E-state index is 13.1. The van der Waals surface area contributed by atoms with Crippen LogP contribution in [0.25, 0.3) is 0 Å². The number of carbonyl (C=O) groups is 6. The number of benzene rings is 1. The van der Waals surface area contributed by atoms with Crippen molar-refractivity contribution < 1.29 is 57.9 Å². The van der Waals surface area contributed by atoms with E-state index in [0.29, 0.717) is 12.0 Å². The van der Waals surface area contributed by atoms with E-state index in [0.717, 1.165) is 0 Å². The second-order valence-corrected chi connectivity index (χ2v) is 11.0. The zero-order valence-electron chi connectivity index (χ0n) is 22.9. The Hall–Kier alpha value is -4.01. The molecule has 1 fully saturated rings. The molecule has 1 aromatic carbocycles. The number of phosphoric acid groups is 1. The van der Waals surface area contributed by atoms with Crippen LogP contribution in [0.1, 0.15) is 51.5 Å². The molecule has 1 aliphatic rings. The Morgan fingerprint density at radius 3 is 2.26 bits per heavy atom. The lowest BCUT2D eigenvalue weighted by atomic mass is 9.98. The van der Waals surface area contributed by atoms with Crippen molar-refractivity contribution in [1.82, 2.24) is 21.3 Å². The van der Waals surface area contributed by atoms with E-state index in [1.54, 1.807) is 13.8 Å². The van der Waals surface area contributed by atoms with Gasteiger partial charge >= 0.3 is 19.8 Å². The highest BCUT2D eigenvalue weighted by atomic mass is 31.2. The Morgan fingerprint density at radius 2 is 1.71 bits per heavy atom. The van der Waals surface area contributed by atoms with Gasteiger partial charge in [0.2, 0.25) is 23.6 Å². The van der Waals surface area contributed by atoms with Crippen molar-refractivity contribution >= 4 is 43.4 Å². The van der Waals surface area contributed by atoms with Crippen LogP contribution in [0.4, 0.5) is 0 Å². The molecule has 1 saturated heterocycles. The standard InChI is InChI=1S/C25H35N4O12P/c1-3-13(2)21(25(36)37)29-23(34)17(9-11-20(31)32)27-22(33)16-8-10-19(30)26-18(24(35)28-16)12-14-4-6-15(7-5-14)41-42(38,39)40/h4-7,13,16-18,21H,3,8-12H2,1-2H3,(H,26,30)(H,27,33)(H,28,35)(H,29,34)(H,31,32)(H,36,37)(H2,38,39,40)/t13-,16-,17-,18-,21-/m0/s1. The topological polar surface area (TPSA) is 258 Å². The molecule has 0 bridgehead atoms. The molecule has 0 radical (unpaired) electrons. The lowest BCUT2D eigenvalue weighted by molar-refractivity contribution is -0.144. The Balaban J connectivity index is 2.15. The molecule has 4 amide bonds. The molecule has 17 heteroatoms. The predicted octanol–water partition coefficient (Wildman–Crippen LogP) is -0.571. The molecule has 1 aliphatic heterocycles. The first-order valence-corrected chi connectivity index (χ1v) is 14.6.